The maximum absolute atomic E-state index is 5.69. The molecule has 0 unspecified atom stereocenters. The number of hydrogen-bond donors (Lipinski definition) is 1. The van der Waals surface area contributed by atoms with E-state index in [2.05, 4.69) is 25.8 Å². The van der Waals surface area contributed by atoms with Gasteiger partial charge in [0.2, 0.25) is 0 Å². The molecule has 0 aliphatic rings. The van der Waals surface area contributed by atoms with Crippen LogP contribution >= 0.6 is 0 Å². The van der Waals surface area contributed by atoms with Gasteiger partial charge in [0.1, 0.15) is 0 Å². The van der Waals surface area contributed by atoms with E-state index < -0.39 is 0 Å². The highest BCUT2D eigenvalue weighted by molar-refractivity contribution is 5.29. The Morgan fingerprint density at radius 3 is 2.67 bits per heavy atom. The lowest BCUT2D eigenvalue weighted by Crippen LogP contribution is -2.28. The Balaban J connectivity index is 3.10. The van der Waals surface area contributed by atoms with Gasteiger partial charge in [-0.15, -0.1) is 0 Å². The van der Waals surface area contributed by atoms with E-state index in [0.29, 0.717) is 6.54 Å². The van der Waals surface area contributed by atoms with E-state index in [4.69, 9.17) is 5.73 Å². The topological polar surface area (TPSA) is 38.9 Å². The van der Waals surface area contributed by atoms with Crippen molar-refractivity contribution >= 4 is 0 Å². The molecule has 0 aromatic carbocycles. The second-order valence-electron chi connectivity index (χ2n) is 3.78. The maximum Gasteiger partial charge on any atom is 0.0300 e. The predicted octanol–water partition coefficient (Wildman–Crippen LogP) is 1.63. The van der Waals surface area contributed by atoms with Gasteiger partial charge in [0.25, 0.3) is 0 Å². The Morgan fingerprint density at radius 2 is 2.17 bits per heavy atom. The number of hydrogen-bond acceptors (Lipinski definition) is 2. The van der Waals surface area contributed by atoms with Gasteiger partial charge in [-0.05, 0) is 24.1 Å². The molecule has 1 aromatic rings. The van der Waals surface area contributed by atoms with Gasteiger partial charge in [0.15, 0.2) is 0 Å². The summed E-state index contributed by atoms with van der Waals surface area (Å²) >= 11 is 0. The van der Waals surface area contributed by atoms with Crippen molar-refractivity contribution in [1.29, 1.82) is 0 Å². The maximum atomic E-state index is 5.69. The predicted molar refractivity (Wildman–Crippen MR) is 51.1 cm³/mol. The van der Waals surface area contributed by atoms with E-state index in [1.807, 2.05) is 18.5 Å². The highest BCUT2D eigenvalue weighted by Crippen LogP contribution is 2.23. The van der Waals surface area contributed by atoms with Crippen molar-refractivity contribution < 1.29 is 0 Å². The molecule has 0 aliphatic carbocycles. The first kappa shape index (κ1) is 9.20. The van der Waals surface area contributed by atoms with E-state index in [0.717, 1.165) is 0 Å². The van der Waals surface area contributed by atoms with Gasteiger partial charge in [-0.2, -0.15) is 0 Å². The lowest BCUT2D eigenvalue weighted by molar-refractivity contribution is 0.535. The van der Waals surface area contributed by atoms with Crippen molar-refractivity contribution in [3.8, 4) is 0 Å². The van der Waals surface area contributed by atoms with Crippen LogP contribution in [0.5, 0.6) is 0 Å². The minimum atomic E-state index is 0.0625. The molecule has 0 aliphatic heterocycles. The molecule has 2 nitrogen and oxygen atoms in total. The molecule has 0 fully saturated rings. The highest BCUT2D eigenvalue weighted by atomic mass is 14.6. The zero-order chi connectivity index (χ0) is 9.19. The molecular weight excluding hydrogens is 148 g/mol. The molecule has 0 radical (unpaired) electrons. The Hall–Kier alpha value is -0.890. The molecule has 0 spiro atoms. The van der Waals surface area contributed by atoms with Crippen molar-refractivity contribution in [3.63, 3.8) is 0 Å². The van der Waals surface area contributed by atoms with Gasteiger partial charge in [-0.3, -0.25) is 4.98 Å². The summed E-state index contributed by atoms with van der Waals surface area (Å²) in [5.74, 6) is 0. The molecule has 2 N–H and O–H groups in total. The fourth-order valence-corrected chi connectivity index (χ4v) is 1.34. The van der Waals surface area contributed by atoms with Crippen LogP contribution in [-0.4, -0.2) is 11.5 Å². The van der Waals surface area contributed by atoms with Crippen LogP contribution in [0, 0.1) is 6.92 Å². The summed E-state index contributed by atoms with van der Waals surface area (Å²) in [5, 5.41) is 0. The van der Waals surface area contributed by atoms with Gasteiger partial charge in [-0.1, -0.05) is 13.8 Å². The average molecular weight is 164 g/mol. The molecule has 0 saturated carbocycles. The first-order chi connectivity index (χ1) is 5.58. The lowest BCUT2D eigenvalue weighted by Gasteiger charge is -2.24. The highest BCUT2D eigenvalue weighted by Gasteiger charge is 2.19. The fourth-order valence-electron chi connectivity index (χ4n) is 1.34. The molecular formula is C10H16N2. The number of nitrogens with zero attached hydrogens (tertiary/aromatic N) is 1. The fraction of sp³-hybridized carbons (Fsp3) is 0.500. The van der Waals surface area contributed by atoms with E-state index in [1.165, 1.54) is 11.1 Å². The smallest absolute Gasteiger partial charge is 0.0300 e. The minimum Gasteiger partial charge on any atom is -0.330 e. The third kappa shape index (κ3) is 1.64. The van der Waals surface area contributed by atoms with Crippen LogP contribution in [0.15, 0.2) is 18.5 Å². The number of rotatable bonds is 2. The van der Waals surface area contributed by atoms with Crippen LogP contribution < -0.4 is 5.73 Å². The Morgan fingerprint density at radius 1 is 1.50 bits per heavy atom. The third-order valence-electron chi connectivity index (χ3n) is 2.26. The molecule has 1 heterocycles. The quantitative estimate of drug-likeness (QED) is 0.721. The van der Waals surface area contributed by atoms with Gasteiger partial charge in [0.05, 0.1) is 0 Å². The summed E-state index contributed by atoms with van der Waals surface area (Å²) in [6.45, 7) is 7.03. The zero-order valence-electron chi connectivity index (χ0n) is 7.96. The number of nitrogens with two attached hydrogens (primary N) is 1. The summed E-state index contributed by atoms with van der Waals surface area (Å²) in [6, 6.07) is 2.04. The molecule has 1 aromatic heterocycles. The molecule has 12 heavy (non-hydrogen) atoms. The molecule has 66 valence electrons. The summed E-state index contributed by atoms with van der Waals surface area (Å²) in [7, 11) is 0. The van der Waals surface area contributed by atoms with Crippen LogP contribution in [0.4, 0.5) is 0 Å². The van der Waals surface area contributed by atoms with E-state index >= 15 is 0 Å². The standard InChI is InChI=1S/C10H16N2/c1-8-6-12-5-4-9(8)10(2,3)7-11/h4-6H,7,11H2,1-3H3. The van der Waals surface area contributed by atoms with E-state index in [9.17, 15) is 0 Å². The molecule has 0 atom stereocenters. The van der Waals surface area contributed by atoms with E-state index in [1.54, 1.807) is 0 Å². The van der Waals surface area contributed by atoms with Crippen molar-refractivity contribution in [1.82, 2.24) is 4.98 Å². The van der Waals surface area contributed by atoms with Gasteiger partial charge in [-0.25, -0.2) is 0 Å². The number of aromatic nitrogens is 1. The molecule has 0 amide bonds. The average Bonchev–Trinajstić information content (AvgIpc) is 2.05. The molecule has 0 saturated heterocycles. The van der Waals surface area contributed by atoms with Crippen LogP contribution in [0.1, 0.15) is 25.0 Å². The first-order valence-electron chi connectivity index (χ1n) is 4.19. The van der Waals surface area contributed by atoms with Gasteiger partial charge in [0, 0.05) is 24.4 Å². The number of aryl methyl sites for hydroxylation is 1. The number of pyridine rings is 1. The third-order valence-corrected chi connectivity index (χ3v) is 2.26. The van der Waals surface area contributed by atoms with Crippen LogP contribution in [0.3, 0.4) is 0 Å². The van der Waals surface area contributed by atoms with Gasteiger partial charge < -0.3 is 5.73 Å². The summed E-state index contributed by atoms with van der Waals surface area (Å²) in [6.07, 6.45) is 3.70. The normalized spacial score (nSPS) is 11.7. The van der Waals surface area contributed by atoms with Crippen LogP contribution in [0.2, 0.25) is 0 Å². The Labute approximate surface area is 73.8 Å². The van der Waals surface area contributed by atoms with Crippen molar-refractivity contribution in [2.75, 3.05) is 6.54 Å². The molecule has 1 rings (SSSR count). The van der Waals surface area contributed by atoms with Crippen molar-refractivity contribution in [2.45, 2.75) is 26.2 Å². The molecule has 2 heteroatoms. The lowest BCUT2D eigenvalue weighted by atomic mass is 9.83. The Kier molecular flexibility index (Phi) is 2.48. The first-order valence-corrected chi connectivity index (χ1v) is 4.19. The van der Waals surface area contributed by atoms with Crippen LogP contribution in [0.25, 0.3) is 0 Å². The van der Waals surface area contributed by atoms with Crippen molar-refractivity contribution in [3.05, 3.63) is 29.6 Å². The summed E-state index contributed by atoms with van der Waals surface area (Å²) in [4.78, 5) is 4.05. The SMILES string of the molecule is Cc1cnccc1C(C)(C)CN. The summed E-state index contributed by atoms with van der Waals surface area (Å²) in [5.41, 5.74) is 8.26. The largest absolute Gasteiger partial charge is 0.330 e. The van der Waals surface area contributed by atoms with Crippen LogP contribution in [-0.2, 0) is 5.41 Å². The van der Waals surface area contributed by atoms with Crippen molar-refractivity contribution in [2.24, 2.45) is 5.73 Å². The summed E-state index contributed by atoms with van der Waals surface area (Å²) < 4.78 is 0. The zero-order valence-corrected chi connectivity index (χ0v) is 7.96. The second-order valence-corrected chi connectivity index (χ2v) is 3.78. The van der Waals surface area contributed by atoms with Gasteiger partial charge >= 0.3 is 0 Å². The minimum absolute atomic E-state index is 0.0625. The van der Waals surface area contributed by atoms with E-state index in [-0.39, 0.29) is 5.41 Å². The monoisotopic (exact) mass is 164 g/mol. The molecule has 0 bridgehead atoms. The second kappa shape index (κ2) is 3.23. The Bertz CT molecular complexity index is 266.